The molecule has 1 amide bonds. The van der Waals surface area contributed by atoms with E-state index in [1.165, 1.54) is 0 Å². The number of aryl methyl sites for hydroxylation is 1. The highest BCUT2D eigenvalue weighted by Gasteiger charge is 2.27. The highest BCUT2D eigenvalue weighted by Crippen LogP contribution is 2.13. The monoisotopic (exact) mass is 285 g/mol. The smallest absolute Gasteiger partial charge is 0.257 e. The van der Waals surface area contributed by atoms with Gasteiger partial charge in [-0.1, -0.05) is 6.92 Å². The van der Waals surface area contributed by atoms with Gasteiger partial charge in [0.2, 0.25) is 0 Å². The summed E-state index contributed by atoms with van der Waals surface area (Å²) >= 11 is 0. The van der Waals surface area contributed by atoms with Gasteiger partial charge in [-0.15, -0.1) is 0 Å². The minimum absolute atomic E-state index is 0.0564. The first-order chi connectivity index (χ1) is 8.94. The van der Waals surface area contributed by atoms with Gasteiger partial charge < -0.3 is 4.90 Å². The van der Waals surface area contributed by atoms with Crippen LogP contribution in [0.4, 0.5) is 0 Å². The van der Waals surface area contributed by atoms with Gasteiger partial charge >= 0.3 is 0 Å². The lowest BCUT2D eigenvalue weighted by molar-refractivity contribution is 0.0769. The van der Waals surface area contributed by atoms with Gasteiger partial charge in [-0.2, -0.15) is 5.10 Å². The SMILES string of the molecule is CCCn1ncc(C(=O)N2CCS(=O)(=O)CC2)c1C. The number of amides is 1. The third-order valence-corrected chi connectivity index (χ3v) is 5.01. The summed E-state index contributed by atoms with van der Waals surface area (Å²) in [5, 5.41) is 4.20. The van der Waals surface area contributed by atoms with Gasteiger partial charge in [-0.05, 0) is 13.3 Å². The van der Waals surface area contributed by atoms with Crippen molar-refractivity contribution in [3.63, 3.8) is 0 Å². The average molecular weight is 285 g/mol. The van der Waals surface area contributed by atoms with Crippen LogP contribution in [0.25, 0.3) is 0 Å². The number of nitrogens with zero attached hydrogens (tertiary/aromatic N) is 3. The van der Waals surface area contributed by atoms with Crippen LogP contribution in [0.1, 0.15) is 29.4 Å². The third kappa shape index (κ3) is 2.97. The first-order valence-corrected chi connectivity index (χ1v) is 8.29. The molecule has 0 bridgehead atoms. The molecule has 2 rings (SSSR count). The summed E-state index contributed by atoms with van der Waals surface area (Å²) in [6.07, 6.45) is 2.54. The van der Waals surface area contributed by atoms with E-state index in [0.717, 1.165) is 18.7 Å². The largest absolute Gasteiger partial charge is 0.337 e. The number of aromatic nitrogens is 2. The van der Waals surface area contributed by atoms with E-state index >= 15 is 0 Å². The highest BCUT2D eigenvalue weighted by atomic mass is 32.2. The second-order valence-electron chi connectivity index (χ2n) is 4.81. The lowest BCUT2D eigenvalue weighted by Crippen LogP contribution is -2.43. The molecule has 19 heavy (non-hydrogen) atoms. The fourth-order valence-electron chi connectivity index (χ4n) is 2.18. The van der Waals surface area contributed by atoms with E-state index in [9.17, 15) is 13.2 Å². The zero-order valence-electron chi connectivity index (χ0n) is 11.3. The summed E-state index contributed by atoms with van der Waals surface area (Å²) in [6, 6.07) is 0. The number of hydrogen-bond acceptors (Lipinski definition) is 4. The van der Waals surface area contributed by atoms with E-state index < -0.39 is 9.84 Å². The standard InChI is InChI=1S/C12H19N3O3S/c1-3-4-15-10(2)11(9-13-15)12(16)14-5-7-19(17,18)8-6-14/h9H,3-8H2,1-2H3. The second kappa shape index (κ2) is 5.32. The molecule has 1 aliphatic heterocycles. The van der Waals surface area contributed by atoms with Gasteiger partial charge in [0.15, 0.2) is 9.84 Å². The van der Waals surface area contributed by atoms with Crippen LogP contribution in [0.15, 0.2) is 6.20 Å². The van der Waals surface area contributed by atoms with Crippen LogP contribution >= 0.6 is 0 Å². The Hall–Kier alpha value is -1.37. The van der Waals surface area contributed by atoms with Gasteiger partial charge in [0.25, 0.3) is 5.91 Å². The van der Waals surface area contributed by atoms with Crippen LogP contribution in [-0.4, -0.2) is 53.6 Å². The minimum atomic E-state index is -2.96. The van der Waals surface area contributed by atoms with Crippen molar-refractivity contribution in [1.29, 1.82) is 0 Å². The molecule has 106 valence electrons. The van der Waals surface area contributed by atoms with E-state index in [-0.39, 0.29) is 30.5 Å². The van der Waals surface area contributed by atoms with Crippen LogP contribution in [0, 0.1) is 6.92 Å². The predicted molar refractivity (Wildman–Crippen MR) is 71.8 cm³/mol. The molecule has 0 atom stereocenters. The topological polar surface area (TPSA) is 72.3 Å². The molecule has 0 saturated carbocycles. The van der Waals surface area contributed by atoms with Crippen molar-refractivity contribution in [1.82, 2.24) is 14.7 Å². The molecular weight excluding hydrogens is 266 g/mol. The first kappa shape index (κ1) is 14.0. The van der Waals surface area contributed by atoms with Gasteiger partial charge in [0, 0.05) is 25.3 Å². The van der Waals surface area contributed by atoms with Crippen molar-refractivity contribution in [3.8, 4) is 0 Å². The molecule has 6 nitrogen and oxygen atoms in total. The summed E-state index contributed by atoms with van der Waals surface area (Å²) < 4.78 is 24.5. The molecule has 1 saturated heterocycles. The number of carbonyl (C=O) groups is 1. The van der Waals surface area contributed by atoms with E-state index in [4.69, 9.17) is 0 Å². The number of rotatable bonds is 3. The van der Waals surface area contributed by atoms with Crippen LogP contribution in [0.3, 0.4) is 0 Å². The minimum Gasteiger partial charge on any atom is -0.337 e. The quantitative estimate of drug-likeness (QED) is 0.809. The van der Waals surface area contributed by atoms with Crippen LogP contribution in [0.2, 0.25) is 0 Å². The number of hydrogen-bond donors (Lipinski definition) is 0. The van der Waals surface area contributed by atoms with Crippen molar-refractivity contribution in [2.45, 2.75) is 26.8 Å². The van der Waals surface area contributed by atoms with E-state index in [1.807, 2.05) is 11.6 Å². The highest BCUT2D eigenvalue weighted by molar-refractivity contribution is 7.91. The fraction of sp³-hybridized carbons (Fsp3) is 0.667. The average Bonchev–Trinajstić information content (AvgIpc) is 2.71. The molecule has 7 heteroatoms. The molecule has 0 radical (unpaired) electrons. The molecule has 1 fully saturated rings. The summed E-state index contributed by atoms with van der Waals surface area (Å²) in [5.41, 5.74) is 1.42. The number of carbonyl (C=O) groups excluding carboxylic acids is 1. The van der Waals surface area contributed by atoms with E-state index in [2.05, 4.69) is 12.0 Å². The molecule has 2 heterocycles. The van der Waals surface area contributed by atoms with Crippen molar-refractivity contribution in [2.24, 2.45) is 0 Å². The summed E-state index contributed by atoms with van der Waals surface area (Å²) in [6.45, 7) is 5.27. The summed E-state index contributed by atoms with van der Waals surface area (Å²) in [5.74, 6) is -0.00310. The van der Waals surface area contributed by atoms with Gasteiger partial charge in [0.05, 0.1) is 23.3 Å². The van der Waals surface area contributed by atoms with E-state index in [0.29, 0.717) is 5.56 Å². The number of sulfone groups is 1. The molecule has 0 spiro atoms. The Morgan fingerprint density at radius 2 is 2.00 bits per heavy atom. The Kier molecular flexibility index (Phi) is 3.93. The Labute approximate surface area is 113 Å². The molecule has 0 aromatic carbocycles. The Balaban J connectivity index is 2.12. The zero-order valence-corrected chi connectivity index (χ0v) is 12.1. The zero-order chi connectivity index (χ0) is 14.0. The molecule has 0 unspecified atom stereocenters. The summed E-state index contributed by atoms with van der Waals surface area (Å²) in [7, 11) is -2.96. The van der Waals surface area contributed by atoms with Crippen molar-refractivity contribution >= 4 is 15.7 Å². The predicted octanol–water partition coefficient (Wildman–Crippen LogP) is 0.472. The first-order valence-electron chi connectivity index (χ1n) is 6.46. The van der Waals surface area contributed by atoms with E-state index in [1.54, 1.807) is 11.1 Å². The van der Waals surface area contributed by atoms with Crippen LogP contribution < -0.4 is 0 Å². The maximum absolute atomic E-state index is 12.3. The second-order valence-corrected chi connectivity index (χ2v) is 7.11. The van der Waals surface area contributed by atoms with Crippen LogP contribution in [0.5, 0.6) is 0 Å². The van der Waals surface area contributed by atoms with Gasteiger partial charge in [0.1, 0.15) is 0 Å². The molecule has 1 aromatic rings. The van der Waals surface area contributed by atoms with Crippen molar-refractivity contribution in [3.05, 3.63) is 17.5 Å². The molecule has 0 N–H and O–H groups in total. The molecule has 0 aliphatic carbocycles. The Morgan fingerprint density at radius 3 is 2.58 bits per heavy atom. The Bertz CT molecular complexity index is 563. The maximum atomic E-state index is 12.3. The maximum Gasteiger partial charge on any atom is 0.257 e. The van der Waals surface area contributed by atoms with Crippen molar-refractivity contribution in [2.75, 3.05) is 24.6 Å². The summed E-state index contributed by atoms with van der Waals surface area (Å²) in [4.78, 5) is 13.9. The van der Waals surface area contributed by atoms with Crippen molar-refractivity contribution < 1.29 is 13.2 Å². The lowest BCUT2D eigenvalue weighted by Gasteiger charge is -2.26. The molecular formula is C12H19N3O3S. The normalized spacial score (nSPS) is 18.5. The molecule has 1 aliphatic rings. The Morgan fingerprint density at radius 1 is 1.37 bits per heavy atom. The van der Waals surface area contributed by atoms with Gasteiger partial charge in [-0.3, -0.25) is 9.48 Å². The third-order valence-electron chi connectivity index (χ3n) is 3.40. The molecule has 1 aromatic heterocycles. The van der Waals surface area contributed by atoms with Crippen LogP contribution in [-0.2, 0) is 16.4 Å². The lowest BCUT2D eigenvalue weighted by atomic mass is 10.2. The van der Waals surface area contributed by atoms with Gasteiger partial charge in [-0.25, -0.2) is 8.42 Å². The fourth-order valence-corrected chi connectivity index (χ4v) is 3.38.